The van der Waals surface area contributed by atoms with Crippen LogP contribution < -0.4 is 5.32 Å². The van der Waals surface area contributed by atoms with Crippen molar-refractivity contribution < 1.29 is 4.74 Å². The molecule has 1 saturated carbocycles. The van der Waals surface area contributed by atoms with Crippen LogP contribution >= 0.6 is 0 Å². The lowest BCUT2D eigenvalue weighted by Gasteiger charge is -2.44. The van der Waals surface area contributed by atoms with Crippen molar-refractivity contribution in [1.82, 2.24) is 10.2 Å². The van der Waals surface area contributed by atoms with E-state index in [1.54, 1.807) is 0 Å². The van der Waals surface area contributed by atoms with Crippen LogP contribution in [0.2, 0.25) is 0 Å². The van der Waals surface area contributed by atoms with Crippen molar-refractivity contribution in [1.29, 1.82) is 0 Å². The van der Waals surface area contributed by atoms with Gasteiger partial charge in [-0.1, -0.05) is 13.3 Å². The second-order valence-electron chi connectivity index (χ2n) is 6.29. The van der Waals surface area contributed by atoms with Crippen molar-refractivity contribution in [3.63, 3.8) is 0 Å². The van der Waals surface area contributed by atoms with Gasteiger partial charge in [0, 0.05) is 25.7 Å². The number of nitrogens with one attached hydrogen (secondary N) is 1. The lowest BCUT2D eigenvalue weighted by atomic mass is 9.92. The van der Waals surface area contributed by atoms with Gasteiger partial charge in [0.25, 0.3) is 0 Å². The molecule has 1 aliphatic carbocycles. The Kier molecular flexibility index (Phi) is 5.05. The second kappa shape index (κ2) is 6.36. The summed E-state index contributed by atoms with van der Waals surface area (Å²) in [6, 6.07) is 1.45. The van der Waals surface area contributed by atoms with Gasteiger partial charge in [0.15, 0.2) is 0 Å². The fourth-order valence-electron chi connectivity index (χ4n) is 3.64. The van der Waals surface area contributed by atoms with Crippen molar-refractivity contribution in [2.45, 2.75) is 70.1 Å². The fourth-order valence-corrected chi connectivity index (χ4v) is 3.64. The molecule has 3 unspecified atom stereocenters. The van der Waals surface area contributed by atoms with E-state index in [1.165, 1.54) is 45.1 Å². The molecule has 0 bridgehead atoms. The Morgan fingerprint density at radius 1 is 1.33 bits per heavy atom. The van der Waals surface area contributed by atoms with Gasteiger partial charge in [-0.25, -0.2) is 0 Å². The van der Waals surface area contributed by atoms with Crippen LogP contribution in [0.1, 0.15) is 52.4 Å². The summed E-state index contributed by atoms with van der Waals surface area (Å²) in [4.78, 5) is 2.69. The van der Waals surface area contributed by atoms with E-state index in [1.807, 2.05) is 7.11 Å². The molecule has 0 spiro atoms. The van der Waals surface area contributed by atoms with E-state index in [0.29, 0.717) is 6.04 Å². The van der Waals surface area contributed by atoms with E-state index >= 15 is 0 Å². The van der Waals surface area contributed by atoms with Crippen LogP contribution in [0, 0.1) is 0 Å². The minimum Gasteiger partial charge on any atom is -0.377 e. The lowest BCUT2D eigenvalue weighted by Crippen LogP contribution is -2.55. The van der Waals surface area contributed by atoms with Crippen LogP contribution in [-0.2, 0) is 4.74 Å². The third-order valence-electron chi connectivity index (χ3n) is 4.79. The quantitative estimate of drug-likeness (QED) is 0.815. The Bertz CT molecular complexity index is 259. The zero-order chi connectivity index (χ0) is 13.0. The molecule has 106 valence electrons. The van der Waals surface area contributed by atoms with Crippen LogP contribution in [-0.4, -0.2) is 49.3 Å². The van der Waals surface area contributed by atoms with E-state index in [9.17, 15) is 0 Å². The molecule has 2 fully saturated rings. The minimum atomic E-state index is 0.0795. The van der Waals surface area contributed by atoms with Crippen molar-refractivity contribution in [3.05, 3.63) is 0 Å². The predicted octanol–water partition coefficient (Wildman–Crippen LogP) is 2.41. The van der Waals surface area contributed by atoms with Gasteiger partial charge in [-0.05, 0) is 52.1 Å². The largest absolute Gasteiger partial charge is 0.377 e. The molecule has 3 heteroatoms. The summed E-state index contributed by atoms with van der Waals surface area (Å²) in [5, 5.41) is 3.74. The average molecular weight is 254 g/mol. The third-order valence-corrected chi connectivity index (χ3v) is 4.79. The molecule has 0 aromatic carbocycles. The number of methoxy groups -OCH3 is 1. The molecule has 0 radical (unpaired) electrons. The topological polar surface area (TPSA) is 24.5 Å². The maximum Gasteiger partial charge on any atom is 0.0777 e. The van der Waals surface area contributed by atoms with Gasteiger partial charge in [0.2, 0.25) is 0 Å². The number of rotatable bonds is 5. The number of hydrogen-bond donors (Lipinski definition) is 1. The molecule has 1 heterocycles. The van der Waals surface area contributed by atoms with Crippen molar-refractivity contribution in [2.75, 3.05) is 26.7 Å². The third kappa shape index (κ3) is 3.25. The molecule has 0 amide bonds. The van der Waals surface area contributed by atoms with Crippen LogP contribution in [0.4, 0.5) is 0 Å². The number of nitrogens with zero attached hydrogens (tertiary/aromatic N) is 1. The van der Waals surface area contributed by atoms with Crippen LogP contribution in [0.5, 0.6) is 0 Å². The highest BCUT2D eigenvalue weighted by Crippen LogP contribution is 2.31. The standard InChI is InChI=1S/C15H30N2O/c1-4-10-16-13-7-5-8-14(13)17-11-6-9-15(2,12-17)18-3/h13-14,16H,4-12H2,1-3H3. The highest BCUT2D eigenvalue weighted by atomic mass is 16.5. The summed E-state index contributed by atoms with van der Waals surface area (Å²) >= 11 is 0. The first-order valence-electron chi connectivity index (χ1n) is 7.71. The summed E-state index contributed by atoms with van der Waals surface area (Å²) < 4.78 is 5.72. The second-order valence-corrected chi connectivity index (χ2v) is 6.29. The normalized spacial score (nSPS) is 38.2. The molecular formula is C15H30N2O. The van der Waals surface area contributed by atoms with Gasteiger partial charge >= 0.3 is 0 Å². The zero-order valence-electron chi connectivity index (χ0n) is 12.4. The predicted molar refractivity (Wildman–Crippen MR) is 75.9 cm³/mol. The van der Waals surface area contributed by atoms with E-state index in [4.69, 9.17) is 4.74 Å². The number of ether oxygens (including phenoxy) is 1. The van der Waals surface area contributed by atoms with Gasteiger partial charge in [-0.2, -0.15) is 0 Å². The van der Waals surface area contributed by atoms with Crippen molar-refractivity contribution >= 4 is 0 Å². The Balaban J connectivity index is 1.93. The Labute approximate surface area is 112 Å². The summed E-state index contributed by atoms with van der Waals surface area (Å²) in [5.74, 6) is 0. The minimum absolute atomic E-state index is 0.0795. The van der Waals surface area contributed by atoms with Crippen molar-refractivity contribution in [2.24, 2.45) is 0 Å². The van der Waals surface area contributed by atoms with Gasteiger partial charge in [-0.15, -0.1) is 0 Å². The first kappa shape index (κ1) is 14.3. The molecule has 3 nitrogen and oxygen atoms in total. The van der Waals surface area contributed by atoms with Gasteiger partial charge in [-0.3, -0.25) is 4.90 Å². The zero-order valence-corrected chi connectivity index (χ0v) is 12.4. The van der Waals surface area contributed by atoms with Gasteiger partial charge in [0.05, 0.1) is 5.60 Å². The molecule has 18 heavy (non-hydrogen) atoms. The molecule has 0 aromatic heterocycles. The number of piperidine rings is 1. The summed E-state index contributed by atoms with van der Waals surface area (Å²) in [6.45, 7) is 8.05. The smallest absolute Gasteiger partial charge is 0.0777 e. The van der Waals surface area contributed by atoms with E-state index < -0.39 is 0 Å². The van der Waals surface area contributed by atoms with Crippen molar-refractivity contribution in [3.8, 4) is 0 Å². The van der Waals surface area contributed by atoms with Crippen LogP contribution in [0.15, 0.2) is 0 Å². The fraction of sp³-hybridized carbons (Fsp3) is 1.00. The molecule has 1 N–H and O–H groups in total. The molecular weight excluding hydrogens is 224 g/mol. The van der Waals surface area contributed by atoms with Gasteiger partial charge in [0.1, 0.15) is 0 Å². The molecule has 1 aliphatic heterocycles. The van der Waals surface area contributed by atoms with Crippen LogP contribution in [0.3, 0.4) is 0 Å². The average Bonchev–Trinajstić information content (AvgIpc) is 2.84. The Morgan fingerprint density at radius 2 is 2.17 bits per heavy atom. The molecule has 3 atom stereocenters. The van der Waals surface area contributed by atoms with E-state index in [2.05, 4.69) is 24.1 Å². The lowest BCUT2D eigenvalue weighted by molar-refractivity contribution is -0.0629. The Hall–Kier alpha value is -0.120. The summed E-state index contributed by atoms with van der Waals surface area (Å²) in [6.07, 6.45) is 7.82. The highest BCUT2D eigenvalue weighted by Gasteiger charge is 2.38. The van der Waals surface area contributed by atoms with E-state index in [0.717, 1.165) is 19.1 Å². The monoisotopic (exact) mass is 254 g/mol. The summed E-state index contributed by atoms with van der Waals surface area (Å²) in [5.41, 5.74) is 0.0795. The molecule has 2 aliphatic rings. The number of hydrogen-bond acceptors (Lipinski definition) is 3. The number of likely N-dealkylation sites (tertiary alicyclic amines) is 1. The molecule has 1 saturated heterocycles. The highest BCUT2D eigenvalue weighted by molar-refractivity contribution is 4.95. The van der Waals surface area contributed by atoms with Gasteiger partial charge < -0.3 is 10.1 Å². The van der Waals surface area contributed by atoms with E-state index in [-0.39, 0.29) is 5.60 Å². The maximum absolute atomic E-state index is 5.72. The first-order valence-corrected chi connectivity index (χ1v) is 7.71. The SMILES string of the molecule is CCCNC1CCCC1N1CCCC(C)(OC)C1. The van der Waals surface area contributed by atoms with Crippen LogP contribution in [0.25, 0.3) is 0 Å². The summed E-state index contributed by atoms with van der Waals surface area (Å²) in [7, 11) is 1.87. The molecule has 0 aromatic rings. The Morgan fingerprint density at radius 3 is 2.89 bits per heavy atom. The first-order chi connectivity index (χ1) is 8.68. The molecule has 2 rings (SSSR count). The maximum atomic E-state index is 5.72.